The lowest BCUT2D eigenvalue weighted by Crippen LogP contribution is -2.43. The van der Waals surface area contributed by atoms with Gasteiger partial charge in [-0.05, 0) is 25.8 Å². The number of rotatable bonds is 9. The van der Waals surface area contributed by atoms with Gasteiger partial charge in [0.25, 0.3) is 0 Å². The molecule has 0 bridgehead atoms. The van der Waals surface area contributed by atoms with Crippen LogP contribution in [0.1, 0.15) is 19.4 Å². The Labute approximate surface area is 148 Å². The second-order valence-corrected chi connectivity index (χ2v) is 7.85. The minimum absolute atomic E-state index is 0.162. The minimum Gasteiger partial charge on any atom is -0.466 e. The molecular weight excluding hydrogens is 346 g/mol. The third-order valence-electron chi connectivity index (χ3n) is 3.26. The number of benzene rings is 1. The van der Waals surface area contributed by atoms with Crippen molar-refractivity contribution in [2.45, 2.75) is 31.6 Å². The predicted octanol–water partition coefficient (Wildman–Crippen LogP) is 1.20. The lowest BCUT2D eigenvalue weighted by Gasteiger charge is -2.20. The average molecular weight is 369 g/mol. The summed E-state index contributed by atoms with van der Waals surface area (Å²) in [6.07, 6.45) is 2.23. The molecule has 0 aliphatic carbocycles. The van der Waals surface area contributed by atoms with E-state index >= 15 is 0 Å². The lowest BCUT2D eigenvalue weighted by atomic mass is 10.1. The Hall–Kier alpha value is -2.19. The summed E-state index contributed by atoms with van der Waals surface area (Å²) in [5.41, 5.74) is 0.903. The van der Waals surface area contributed by atoms with E-state index in [2.05, 4.69) is 9.46 Å². The average Bonchev–Trinajstić information content (AvgIpc) is 2.58. The van der Waals surface area contributed by atoms with Gasteiger partial charge in [0.15, 0.2) is 0 Å². The summed E-state index contributed by atoms with van der Waals surface area (Å²) in [6, 6.07) is 8.63. The fraction of sp³-hybridized carbons (Fsp3) is 0.412. The highest BCUT2D eigenvalue weighted by molar-refractivity contribution is 7.90. The van der Waals surface area contributed by atoms with Crippen LogP contribution in [-0.2, 0) is 35.5 Å². The molecule has 0 radical (unpaired) electrons. The highest BCUT2D eigenvalue weighted by Crippen LogP contribution is 2.07. The number of carbonyl (C=O) groups excluding carboxylic acids is 2. The fourth-order valence-corrected chi connectivity index (χ4v) is 2.72. The number of hydrogen-bond donors (Lipinski definition) is 1. The molecule has 1 atom stereocenters. The van der Waals surface area contributed by atoms with E-state index in [1.807, 2.05) is 30.3 Å². The second kappa shape index (κ2) is 9.95. The van der Waals surface area contributed by atoms with E-state index in [1.54, 1.807) is 13.8 Å². The van der Waals surface area contributed by atoms with Gasteiger partial charge in [-0.1, -0.05) is 30.3 Å². The number of nitrogens with one attached hydrogen (secondary N) is 1. The summed E-state index contributed by atoms with van der Waals surface area (Å²) in [6.45, 7) is 2.96. The second-order valence-electron chi connectivity index (χ2n) is 5.58. The van der Waals surface area contributed by atoms with Gasteiger partial charge in [-0.3, -0.25) is 0 Å². The van der Waals surface area contributed by atoms with Crippen molar-refractivity contribution in [2.75, 3.05) is 13.7 Å². The summed E-state index contributed by atoms with van der Waals surface area (Å²) in [7, 11) is -2.34. The van der Waals surface area contributed by atoms with Crippen molar-refractivity contribution < 1.29 is 27.5 Å². The molecule has 1 N–H and O–H groups in total. The molecule has 25 heavy (non-hydrogen) atoms. The van der Waals surface area contributed by atoms with Crippen LogP contribution in [0.15, 0.2) is 42.5 Å². The van der Waals surface area contributed by atoms with Crippen molar-refractivity contribution in [2.24, 2.45) is 0 Å². The third-order valence-corrected chi connectivity index (χ3v) is 5.16. The van der Waals surface area contributed by atoms with E-state index in [0.29, 0.717) is 6.42 Å². The van der Waals surface area contributed by atoms with Crippen molar-refractivity contribution in [1.82, 2.24) is 4.72 Å². The monoisotopic (exact) mass is 369 g/mol. The number of methoxy groups -OCH3 is 1. The molecule has 138 valence electrons. The highest BCUT2D eigenvalue weighted by Gasteiger charge is 2.22. The van der Waals surface area contributed by atoms with E-state index in [0.717, 1.165) is 17.7 Å². The zero-order valence-electron chi connectivity index (χ0n) is 14.5. The third kappa shape index (κ3) is 7.95. The molecule has 1 aromatic carbocycles. The van der Waals surface area contributed by atoms with E-state index < -0.39 is 33.3 Å². The molecule has 0 saturated carbocycles. The van der Waals surface area contributed by atoms with Gasteiger partial charge < -0.3 is 9.47 Å². The van der Waals surface area contributed by atoms with Gasteiger partial charge in [-0.2, -0.15) is 0 Å². The molecule has 0 heterocycles. The molecule has 7 nitrogen and oxygen atoms in total. The first-order chi connectivity index (χ1) is 11.7. The number of hydrogen-bond acceptors (Lipinski definition) is 6. The SMILES string of the molecule is COC(=O)/C=C/C(=O)OCC(Cc1ccccc1)NS(=O)(=O)C(C)C. The van der Waals surface area contributed by atoms with Gasteiger partial charge >= 0.3 is 11.9 Å². The summed E-state index contributed by atoms with van der Waals surface area (Å²) in [4.78, 5) is 22.6. The van der Waals surface area contributed by atoms with Crippen LogP contribution < -0.4 is 4.72 Å². The van der Waals surface area contributed by atoms with Crippen molar-refractivity contribution >= 4 is 22.0 Å². The number of carbonyl (C=O) groups is 2. The van der Waals surface area contributed by atoms with E-state index in [9.17, 15) is 18.0 Å². The lowest BCUT2D eigenvalue weighted by molar-refractivity contribution is -0.139. The molecule has 1 unspecified atom stereocenters. The van der Waals surface area contributed by atoms with E-state index in [4.69, 9.17) is 4.74 Å². The van der Waals surface area contributed by atoms with Crippen LogP contribution in [0.5, 0.6) is 0 Å². The molecule has 0 spiro atoms. The zero-order chi connectivity index (χ0) is 18.9. The van der Waals surface area contributed by atoms with Crippen molar-refractivity contribution in [3.63, 3.8) is 0 Å². The first kappa shape index (κ1) is 20.9. The van der Waals surface area contributed by atoms with Crippen LogP contribution >= 0.6 is 0 Å². The Morgan fingerprint density at radius 3 is 2.28 bits per heavy atom. The van der Waals surface area contributed by atoms with Crippen molar-refractivity contribution in [3.05, 3.63) is 48.0 Å². The molecule has 0 saturated heterocycles. The van der Waals surface area contributed by atoms with Crippen molar-refractivity contribution in [3.8, 4) is 0 Å². The Morgan fingerprint density at radius 2 is 1.72 bits per heavy atom. The minimum atomic E-state index is -3.53. The van der Waals surface area contributed by atoms with Crippen LogP contribution in [0, 0.1) is 0 Å². The van der Waals surface area contributed by atoms with E-state index in [1.165, 1.54) is 7.11 Å². The van der Waals surface area contributed by atoms with Crippen LogP contribution in [0.25, 0.3) is 0 Å². The molecule has 0 amide bonds. The molecule has 1 aromatic rings. The molecule has 1 rings (SSSR count). The molecular formula is C17H23NO6S. The summed E-state index contributed by atoms with van der Waals surface area (Å²) < 4.78 is 36.2. The van der Waals surface area contributed by atoms with Gasteiger partial charge in [0, 0.05) is 12.2 Å². The Morgan fingerprint density at radius 1 is 1.12 bits per heavy atom. The smallest absolute Gasteiger partial charge is 0.331 e. The van der Waals surface area contributed by atoms with Gasteiger partial charge in [0.1, 0.15) is 6.61 Å². The quantitative estimate of drug-likeness (QED) is 0.519. The maximum Gasteiger partial charge on any atom is 0.331 e. The molecule has 0 aliphatic heterocycles. The van der Waals surface area contributed by atoms with E-state index in [-0.39, 0.29) is 6.61 Å². The topological polar surface area (TPSA) is 98.8 Å². The Bertz CT molecular complexity index is 697. The Kier molecular flexibility index (Phi) is 8.30. The molecule has 0 aliphatic rings. The summed E-state index contributed by atoms with van der Waals surface area (Å²) >= 11 is 0. The first-order valence-corrected chi connectivity index (χ1v) is 9.27. The first-order valence-electron chi connectivity index (χ1n) is 7.72. The van der Waals surface area contributed by atoms with Crippen molar-refractivity contribution in [1.29, 1.82) is 0 Å². The van der Waals surface area contributed by atoms with Crippen LogP contribution in [0.2, 0.25) is 0 Å². The van der Waals surface area contributed by atoms with Crippen LogP contribution in [0.4, 0.5) is 0 Å². The maximum atomic E-state index is 12.1. The molecule has 0 aromatic heterocycles. The van der Waals surface area contributed by atoms with Crippen LogP contribution in [0.3, 0.4) is 0 Å². The normalized spacial score (nSPS) is 13.0. The standard InChI is InChI=1S/C17H23NO6S/c1-13(2)25(21,22)18-15(11-14-7-5-4-6-8-14)12-24-17(20)10-9-16(19)23-3/h4-10,13,15,18H,11-12H2,1-3H3/b10-9+. The predicted molar refractivity (Wildman–Crippen MR) is 93.2 cm³/mol. The number of esters is 2. The number of sulfonamides is 1. The largest absolute Gasteiger partial charge is 0.466 e. The highest BCUT2D eigenvalue weighted by atomic mass is 32.2. The van der Waals surface area contributed by atoms with Crippen LogP contribution in [-0.4, -0.2) is 45.4 Å². The molecule has 8 heteroatoms. The van der Waals surface area contributed by atoms with Gasteiger partial charge in [-0.25, -0.2) is 22.7 Å². The number of ether oxygens (including phenoxy) is 2. The fourth-order valence-electron chi connectivity index (χ4n) is 1.84. The maximum absolute atomic E-state index is 12.1. The summed E-state index contributed by atoms with van der Waals surface area (Å²) in [5.74, 6) is -1.44. The molecule has 0 fully saturated rings. The van der Waals surface area contributed by atoms with Gasteiger partial charge in [-0.15, -0.1) is 0 Å². The zero-order valence-corrected chi connectivity index (χ0v) is 15.3. The van der Waals surface area contributed by atoms with Gasteiger partial charge in [0.05, 0.1) is 18.4 Å². The Balaban J connectivity index is 2.75. The van der Waals surface area contributed by atoms with Gasteiger partial charge in [0.2, 0.25) is 10.0 Å². The summed E-state index contributed by atoms with van der Waals surface area (Å²) in [5, 5.41) is -0.610.